The highest BCUT2D eigenvalue weighted by Crippen LogP contribution is 2.41. The summed E-state index contributed by atoms with van der Waals surface area (Å²) in [5, 5.41) is 3.33. The van der Waals surface area contributed by atoms with Crippen LogP contribution in [0.1, 0.15) is 36.0 Å². The van der Waals surface area contributed by atoms with Crippen LogP contribution in [0.3, 0.4) is 0 Å². The molecule has 0 saturated carbocycles. The van der Waals surface area contributed by atoms with E-state index in [1.807, 2.05) is 4.90 Å². The lowest BCUT2D eigenvalue weighted by molar-refractivity contribution is -0.150. The average Bonchev–Trinajstić information content (AvgIpc) is 3.20. The molecule has 0 aliphatic carbocycles. The summed E-state index contributed by atoms with van der Waals surface area (Å²) in [6, 6.07) is 1.71. The normalized spacial score (nSPS) is 24.8. The fourth-order valence-corrected chi connectivity index (χ4v) is 4.47. The predicted molar refractivity (Wildman–Crippen MR) is 109 cm³/mol. The number of rotatable bonds is 3. The fourth-order valence-electron chi connectivity index (χ4n) is 4.47. The number of ether oxygens (including phenoxy) is 1. The molecule has 0 radical (unpaired) electrons. The molecular formula is C19H29Cl2N3O4. The van der Waals surface area contributed by atoms with Crippen molar-refractivity contribution in [3.05, 3.63) is 24.2 Å². The summed E-state index contributed by atoms with van der Waals surface area (Å²) in [6.07, 6.45) is 6.55. The number of halogens is 2. The minimum Gasteiger partial charge on any atom is -0.472 e. The van der Waals surface area contributed by atoms with Crippen molar-refractivity contribution in [2.75, 3.05) is 45.8 Å². The summed E-state index contributed by atoms with van der Waals surface area (Å²) in [4.78, 5) is 29.1. The minimum atomic E-state index is -0.259. The van der Waals surface area contributed by atoms with E-state index >= 15 is 0 Å². The van der Waals surface area contributed by atoms with Crippen LogP contribution in [-0.4, -0.2) is 73.6 Å². The largest absolute Gasteiger partial charge is 0.472 e. The second-order valence-electron chi connectivity index (χ2n) is 7.72. The zero-order chi connectivity index (χ0) is 18.0. The molecule has 1 aromatic heterocycles. The summed E-state index contributed by atoms with van der Waals surface area (Å²) in [6.45, 7) is 5.76. The number of carbonyl (C=O) groups is 2. The maximum atomic E-state index is 12.5. The van der Waals surface area contributed by atoms with Crippen LogP contribution >= 0.6 is 24.8 Å². The van der Waals surface area contributed by atoms with Gasteiger partial charge in [-0.2, -0.15) is 0 Å². The minimum absolute atomic E-state index is 0. The van der Waals surface area contributed by atoms with Gasteiger partial charge in [-0.25, -0.2) is 0 Å². The highest BCUT2D eigenvalue weighted by Gasteiger charge is 2.49. The number of esters is 1. The van der Waals surface area contributed by atoms with Gasteiger partial charge in [0.1, 0.15) is 12.4 Å². The van der Waals surface area contributed by atoms with Crippen molar-refractivity contribution in [1.82, 2.24) is 15.1 Å². The van der Waals surface area contributed by atoms with Gasteiger partial charge in [0.05, 0.1) is 17.2 Å². The molecule has 1 aromatic rings. The molecular weight excluding hydrogens is 405 g/mol. The highest BCUT2D eigenvalue weighted by molar-refractivity contribution is 5.93. The molecule has 7 nitrogen and oxygen atoms in total. The molecule has 1 spiro atoms. The van der Waals surface area contributed by atoms with Gasteiger partial charge in [0, 0.05) is 39.1 Å². The van der Waals surface area contributed by atoms with Crippen LogP contribution in [0.4, 0.5) is 0 Å². The maximum absolute atomic E-state index is 12.5. The number of cyclic esters (lactones) is 1. The number of hydrogen-bond acceptors (Lipinski definition) is 6. The van der Waals surface area contributed by atoms with Crippen LogP contribution in [0.15, 0.2) is 23.0 Å². The first kappa shape index (κ1) is 23.0. The number of hydrogen-bond donors (Lipinski definition) is 1. The molecule has 28 heavy (non-hydrogen) atoms. The second-order valence-corrected chi connectivity index (χ2v) is 7.72. The fraction of sp³-hybridized carbons (Fsp3) is 0.684. The third-order valence-electron chi connectivity index (χ3n) is 5.99. The van der Waals surface area contributed by atoms with E-state index in [-0.39, 0.29) is 48.2 Å². The van der Waals surface area contributed by atoms with E-state index in [1.165, 1.54) is 12.5 Å². The number of nitrogens with zero attached hydrogens (tertiary/aromatic N) is 2. The second kappa shape index (κ2) is 9.96. The van der Waals surface area contributed by atoms with E-state index in [4.69, 9.17) is 9.15 Å². The van der Waals surface area contributed by atoms with Crippen molar-refractivity contribution in [2.45, 2.75) is 31.8 Å². The third-order valence-corrected chi connectivity index (χ3v) is 5.99. The van der Waals surface area contributed by atoms with Crippen LogP contribution in [0.2, 0.25) is 0 Å². The van der Waals surface area contributed by atoms with E-state index < -0.39 is 0 Å². The lowest BCUT2D eigenvalue weighted by Crippen LogP contribution is -2.40. The molecule has 0 bridgehead atoms. The Morgan fingerprint density at radius 2 is 1.96 bits per heavy atom. The van der Waals surface area contributed by atoms with Crippen molar-refractivity contribution >= 4 is 36.7 Å². The first-order chi connectivity index (χ1) is 12.7. The molecule has 0 aromatic carbocycles. The van der Waals surface area contributed by atoms with Gasteiger partial charge in [-0.15, -0.1) is 24.8 Å². The van der Waals surface area contributed by atoms with Gasteiger partial charge in [-0.1, -0.05) is 0 Å². The van der Waals surface area contributed by atoms with Gasteiger partial charge < -0.3 is 19.4 Å². The van der Waals surface area contributed by atoms with Crippen molar-refractivity contribution in [2.24, 2.45) is 5.41 Å². The van der Waals surface area contributed by atoms with Crippen LogP contribution < -0.4 is 5.32 Å². The summed E-state index contributed by atoms with van der Waals surface area (Å²) in [5.41, 5.74) is 0.349. The quantitative estimate of drug-likeness (QED) is 0.734. The van der Waals surface area contributed by atoms with Gasteiger partial charge in [0.25, 0.3) is 5.91 Å². The molecule has 158 valence electrons. The monoisotopic (exact) mass is 433 g/mol. The SMILES string of the molecule is Cl.Cl.O=C(c1ccoc1)N1CCCN(CC2CC3(CCNCC3)C(=O)O2)CC1. The highest BCUT2D eigenvalue weighted by atomic mass is 35.5. The lowest BCUT2D eigenvalue weighted by atomic mass is 9.76. The van der Waals surface area contributed by atoms with Gasteiger partial charge in [-0.3, -0.25) is 14.5 Å². The molecule has 1 amide bonds. The first-order valence-electron chi connectivity index (χ1n) is 9.62. The first-order valence-corrected chi connectivity index (χ1v) is 9.62. The smallest absolute Gasteiger partial charge is 0.312 e. The zero-order valence-electron chi connectivity index (χ0n) is 15.9. The van der Waals surface area contributed by atoms with E-state index in [1.54, 1.807) is 6.07 Å². The maximum Gasteiger partial charge on any atom is 0.312 e. The molecule has 4 heterocycles. The Labute approximate surface area is 177 Å². The Kier molecular flexibility index (Phi) is 8.18. The van der Waals surface area contributed by atoms with E-state index in [0.29, 0.717) is 12.1 Å². The van der Waals surface area contributed by atoms with Gasteiger partial charge in [-0.05, 0) is 38.4 Å². The summed E-state index contributed by atoms with van der Waals surface area (Å²) in [7, 11) is 0. The van der Waals surface area contributed by atoms with Gasteiger partial charge in [0.15, 0.2) is 0 Å². The molecule has 3 fully saturated rings. The Bertz CT molecular complexity index is 650. The van der Waals surface area contributed by atoms with E-state index in [9.17, 15) is 9.59 Å². The third kappa shape index (κ3) is 4.82. The van der Waals surface area contributed by atoms with Crippen molar-refractivity contribution < 1.29 is 18.7 Å². The van der Waals surface area contributed by atoms with Crippen molar-refractivity contribution in [1.29, 1.82) is 0 Å². The van der Waals surface area contributed by atoms with Crippen molar-refractivity contribution in [3.8, 4) is 0 Å². The standard InChI is InChI=1S/C19H27N3O4.2ClH/c23-17(15-2-11-25-14-15)22-8-1-7-21(9-10-22)13-16-12-19(18(24)26-16)3-5-20-6-4-19;;/h2,11,14,16,20H,1,3-10,12-13H2;2*1H. The van der Waals surface area contributed by atoms with Crippen LogP contribution in [-0.2, 0) is 9.53 Å². The molecule has 1 N–H and O–H groups in total. The Hall–Kier alpha value is -1.28. The van der Waals surface area contributed by atoms with Gasteiger partial charge >= 0.3 is 5.97 Å². The molecule has 3 aliphatic heterocycles. The topological polar surface area (TPSA) is 75.0 Å². The number of piperidine rings is 1. The van der Waals surface area contributed by atoms with Crippen LogP contribution in [0.5, 0.6) is 0 Å². The molecule has 3 aliphatic rings. The molecule has 1 unspecified atom stereocenters. The summed E-state index contributed by atoms with van der Waals surface area (Å²) in [5.74, 6) is 0.0251. The van der Waals surface area contributed by atoms with E-state index in [0.717, 1.165) is 65.0 Å². The van der Waals surface area contributed by atoms with Crippen molar-refractivity contribution in [3.63, 3.8) is 0 Å². The summed E-state index contributed by atoms with van der Waals surface area (Å²) < 4.78 is 10.8. The molecule has 9 heteroatoms. The number of amides is 1. The summed E-state index contributed by atoms with van der Waals surface area (Å²) >= 11 is 0. The number of furan rings is 1. The molecule has 1 atom stereocenters. The lowest BCUT2D eigenvalue weighted by Gasteiger charge is -2.29. The Morgan fingerprint density at radius 3 is 2.68 bits per heavy atom. The van der Waals surface area contributed by atoms with Crippen LogP contribution in [0.25, 0.3) is 0 Å². The Balaban J connectivity index is 0.00000140. The zero-order valence-corrected chi connectivity index (χ0v) is 17.6. The predicted octanol–water partition coefficient (Wildman–Crippen LogP) is 1.96. The molecule has 3 saturated heterocycles. The average molecular weight is 434 g/mol. The van der Waals surface area contributed by atoms with Crippen LogP contribution in [0, 0.1) is 5.41 Å². The molecule has 4 rings (SSSR count). The Morgan fingerprint density at radius 1 is 1.18 bits per heavy atom. The number of nitrogens with one attached hydrogen (secondary N) is 1. The van der Waals surface area contributed by atoms with E-state index in [2.05, 4.69) is 10.2 Å². The number of carbonyl (C=O) groups excluding carboxylic acids is 2. The van der Waals surface area contributed by atoms with Gasteiger partial charge in [0.2, 0.25) is 0 Å².